The second-order valence-corrected chi connectivity index (χ2v) is 9.68. The minimum atomic E-state index is 0.223. The molecule has 0 radical (unpaired) electrons. The Morgan fingerprint density at radius 2 is 1.95 bits per heavy atom. The first-order chi connectivity index (χ1) is 9.73. The van der Waals surface area contributed by atoms with E-state index in [1.807, 2.05) is 0 Å². The number of hydrogen-bond donors (Lipinski definition) is 0. The van der Waals surface area contributed by atoms with Crippen LogP contribution in [0.15, 0.2) is 47.1 Å². The van der Waals surface area contributed by atoms with Crippen molar-refractivity contribution >= 4 is 11.8 Å². The summed E-state index contributed by atoms with van der Waals surface area (Å²) in [4.78, 5) is 0. The molecule has 0 aromatic heterocycles. The Hall–Kier alpha value is -0.690. The van der Waals surface area contributed by atoms with Gasteiger partial charge >= 0.3 is 0 Å². The zero-order valence-electron chi connectivity index (χ0n) is 14.5. The van der Waals surface area contributed by atoms with Gasteiger partial charge in [0.25, 0.3) is 0 Å². The fourth-order valence-corrected chi connectivity index (χ4v) is 5.32. The van der Waals surface area contributed by atoms with Crippen molar-refractivity contribution in [2.45, 2.75) is 70.8 Å². The van der Waals surface area contributed by atoms with Crippen LogP contribution in [0.4, 0.5) is 0 Å². The van der Waals surface area contributed by atoms with Crippen LogP contribution in [-0.4, -0.2) is 10.00 Å². The molecule has 0 bridgehead atoms. The Morgan fingerprint density at radius 3 is 2.48 bits per heavy atom. The van der Waals surface area contributed by atoms with Crippen molar-refractivity contribution in [3.8, 4) is 0 Å². The van der Waals surface area contributed by atoms with Crippen LogP contribution >= 0.6 is 11.8 Å². The lowest BCUT2D eigenvalue weighted by molar-refractivity contribution is 0.436. The Bertz CT molecular complexity index is 508. The molecule has 0 saturated carbocycles. The van der Waals surface area contributed by atoms with Gasteiger partial charge in [0.15, 0.2) is 0 Å². The SMILES string of the molecule is CC1=CCC(CC2=CCC=C2)(SC(C)C)C(C(C)(C)C)=C1. The lowest BCUT2D eigenvalue weighted by atomic mass is 9.71. The van der Waals surface area contributed by atoms with Crippen LogP contribution in [0.1, 0.15) is 60.8 Å². The monoisotopic (exact) mass is 302 g/mol. The third-order valence-electron chi connectivity index (χ3n) is 4.22. The first kappa shape index (κ1) is 16.7. The van der Waals surface area contributed by atoms with E-state index < -0.39 is 0 Å². The molecule has 0 spiro atoms. The first-order valence-corrected chi connectivity index (χ1v) is 9.04. The third kappa shape index (κ3) is 3.94. The van der Waals surface area contributed by atoms with Gasteiger partial charge in [-0.1, -0.05) is 76.1 Å². The molecule has 2 rings (SSSR count). The van der Waals surface area contributed by atoms with Crippen molar-refractivity contribution in [3.63, 3.8) is 0 Å². The number of hydrogen-bond acceptors (Lipinski definition) is 1. The summed E-state index contributed by atoms with van der Waals surface area (Å²) in [5.41, 5.74) is 4.79. The summed E-state index contributed by atoms with van der Waals surface area (Å²) < 4.78 is 0.229. The van der Waals surface area contributed by atoms with Gasteiger partial charge in [0.1, 0.15) is 0 Å². The van der Waals surface area contributed by atoms with Crippen LogP contribution in [0, 0.1) is 5.41 Å². The van der Waals surface area contributed by atoms with Crippen LogP contribution < -0.4 is 0 Å². The van der Waals surface area contributed by atoms with Gasteiger partial charge < -0.3 is 0 Å². The zero-order chi connectivity index (χ0) is 15.7. The van der Waals surface area contributed by atoms with Crippen molar-refractivity contribution in [1.29, 1.82) is 0 Å². The van der Waals surface area contributed by atoms with Gasteiger partial charge in [0.05, 0.1) is 0 Å². The molecule has 0 nitrogen and oxygen atoms in total. The largest absolute Gasteiger partial charge is 0.147 e. The molecule has 21 heavy (non-hydrogen) atoms. The topological polar surface area (TPSA) is 0 Å². The highest BCUT2D eigenvalue weighted by Crippen LogP contribution is 2.52. The van der Waals surface area contributed by atoms with Gasteiger partial charge in [-0.25, -0.2) is 0 Å². The summed E-state index contributed by atoms with van der Waals surface area (Å²) >= 11 is 2.16. The Labute approximate surface area is 135 Å². The van der Waals surface area contributed by atoms with E-state index in [4.69, 9.17) is 0 Å². The third-order valence-corrected chi connectivity index (χ3v) is 5.68. The molecular formula is C20H30S. The smallest absolute Gasteiger partial charge is 0.0453 e. The molecule has 1 unspecified atom stereocenters. The van der Waals surface area contributed by atoms with Crippen LogP contribution in [0.3, 0.4) is 0 Å². The quantitative estimate of drug-likeness (QED) is 0.574. The molecule has 1 atom stereocenters. The first-order valence-electron chi connectivity index (χ1n) is 8.16. The summed E-state index contributed by atoms with van der Waals surface area (Å²) in [5, 5.41) is 0.647. The minimum absolute atomic E-state index is 0.223. The summed E-state index contributed by atoms with van der Waals surface area (Å²) in [6.07, 6.45) is 15.3. The van der Waals surface area contributed by atoms with E-state index in [1.165, 1.54) is 17.6 Å². The van der Waals surface area contributed by atoms with Crippen molar-refractivity contribution in [1.82, 2.24) is 0 Å². The van der Waals surface area contributed by atoms with E-state index >= 15 is 0 Å². The maximum Gasteiger partial charge on any atom is 0.0453 e. The Morgan fingerprint density at radius 1 is 1.24 bits per heavy atom. The molecule has 0 amide bonds. The number of rotatable bonds is 4. The maximum atomic E-state index is 2.46. The highest BCUT2D eigenvalue weighted by molar-refractivity contribution is 8.01. The second kappa shape index (κ2) is 6.20. The molecule has 2 aliphatic rings. The molecule has 0 aromatic rings. The average molecular weight is 303 g/mol. The highest BCUT2D eigenvalue weighted by atomic mass is 32.2. The van der Waals surface area contributed by atoms with Crippen molar-refractivity contribution < 1.29 is 0 Å². The minimum Gasteiger partial charge on any atom is -0.147 e. The normalized spacial score (nSPS) is 26.0. The lowest BCUT2D eigenvalue weighted by Gasteiger charge is -2.44. The molecule has 1 heteroatoms. The van der Waals surface area contributed by atoms with Gasteiger partial charge in [-0.2, -0.15) is 0 Å². The molecule has 0 saturated heterocycles. The zero-order valence-corrected chi connectivity index (χ0v) is 15.3. The van der Waals surface area contributed by atoms with Crippen molar-refractivity contribution in [3.05, 3.63) is 47.1 Å². The van der Waals surface area contributed by atoms with E-state index in [0.29, 0.717) is 5.25 Å². The number of thioether (sulfide) groups is 1. The lowest BCUT2D eigenvalue weighted by Crippen LogP contribution is -2.37. The van der Waals surface area contributed by atoms with E-state index in [0.717, 1.165) is 12.8 Å². The summed E-state index contributed by atoms with van der Waals surface area (Å²) in [5.74, 6) is 0. The predicted molar refractivity (Wildman–Crippen MR) is 97.8 cm³/mol. The van der Waals surface area contributed by atoms with Gasteiger partial charge in [0.2, 0.25) is 0 Å². The maximum absolute atomic E-state index is 2.46. The van der Waals surface area contributed by atoms with Gasteiger partial charge in [-0.3, -0.25) is 0 Å². The molecule has 0 N–H and O–H groups in total. The fourth-order valence-electron chi connectivity index (χ4n) is 3.49. The number of allylic oxidation sites excluding steroid dienone is 7. The Kier molecular flexibility index (Phi) is 4.92. The second-order valence-electron chi connectivity index (χ2n) is 7.72. The van der Waals surface area contributed by atoms with E-state index in [9.17, 15) is 0 Å². The van der Waals surface area contributed by atoms with Gasteiger partial charge in [0, 0.05) is 4.75 Å². The standard InChI is InChI=1S/C20H30S/c1-15(2)21-20(14-17-9-7-8-10-17)12-11-16(3)13-18(20)19(4,5)6/h7,9-11,13,15H,8,12,14H2,1-6H3. The van der Waals surface area contributed by atoms with Crippen LogP contribution in [0.2, 0.25) is 0 Å². The van der Waals surface area contributed by atoms with Gasteiger partial charge in [-0.15, -0.1) is 11.8 Å². The molecular weight excluding hydrogens is 272 g/mol. The molecule has 0 aromatic carbocycles. The van der Waals surface area contributed by atoms with Gasteiger partial charge in [-0.05, 0) is 42.4 Å². The van der Waals surface area contributed by atoms with E-state index in [1.54, 1.807) is 5.57 Å². The van der Waals surface area contributed by atoms with Crippen LogP contribution in [0.25, 0.3) is 0 Å². The van der Waals surface area contributed by atoms with Crippen molar-refractivity contribution in [2.75, 3.05) is 0 Å². The fraction of sp³-hybridized carbons (Fsp3) is 0.600. The molecule has 116 valence electrons. The van der Waals surface area contributed by atoms with Crippen molar-refractivity contribution in [2.24, 2.45) is 5.41 Å². The molecule has 0 aliphatic heterocycles. The summed E-state index contributed by atoms with van der Waals surface area (Å²) in [6, 6.07) is 0. The molecule has 0 fully saturated rings. The van der Waals surface area contributed by atoms with Crippen LogP contribution in [0.5, 0.6) is 0 Å². The average Bonchev–Trinajstić information content (AvgIpc) is 2.83. The van der Waals surface area contributed by atoms with E-state index in [-0.39, 0.29) is 10.2 Å². The predicted octanol–water partition coefficient (Wildman–Crippen LogP) is 6.47. The van der Waals surface area contributed by atoms with Crippen LogP contribution in [-0.2, 0) is 0 Å². The van der Waals surface area contributed by atoms with E-state index in [2.05, 4.69) is 83.7 Å². The highest BCUT2D eigenvalue weighted by Gasteiger charge is 2.41. The molecule has 0 heterocycles. The molecule has 2 aliphatic carbocycles. The Balaban J connectivity index is 2.42. The summed E-state index contributed by atoms with van der Waals surface area (Å²) in [7, 11) is 0. The summed E-state index contributed by atoms with van der Waals surface area (Å²) in [6.45, 7) is 14.0.